The summed E-state index contributed by atoms with van der Waals surface area (Å²) in [6.07, 6.45) is 0. The first-order valence-corrected chi connectivity index (χ1v) is 11.5. The predicted octanol–water partition coefficient (Wildman–Crippen LogP) is 4.45. The van der Waals surface area contributed by atoms with Crippen molar-refractivity contribution in [3.05, 3.63) is 88.2 Å². The van der Waals surface area contributed by atoms with E-state index in [-0.39, 0.29) is 17.1 Å². The molecular formula is C26H24N2O5S. The van der Waals surface area contributed by atoms with Crippen molar-refractivity contribution in [2.75, 3.05) is 27.1 Å². The predicted molar refractivity (Wildman–Crippen MR) is 133 cm³/mol. The topological polar surface area (TPSA) is 79.7 Å². The van der Waals surface area contributed by atoms with E-state index in [1.54, 1.807) is 49.1 Å². The van der Waals surface area contributed by atoms with E-state index in [9.17, 15) is 9.59 Å². The van der Waals surface area contributed by atoms with E-state index in [2.05, 4.69) is 0 Å². The van der Waals surface area contributed by atoms with Crippen molar-refractivity contribution in [2.24, 2.45) is 0 Å². The van der Waals surface area contributed by atoms with Crippen molar-refractivity contribution < 1.29 is 19.0 Å². The molecule has 0 bridgehead atoms. The average molecular weight is 477 g/mol. The number of ketones is 1. The first-order valence-electron chi connectivity index (χ1n) is 10.5. The second-order valence-electron chi connectivity index (χ2n) is 7.43. The highest BCUT2D eigenvalue weighted by Crippen LogP contribution is 2.27. The van der Waals surface area contributed by atoms with Gasteiger partial charge in [-0.2, -0.15) is 0 Å². The molecule has 0 atom stereocenters. The van der Waals surface area contributed by atoms with Gasteiger partial charge in [0.2, 0.25) is 0 Å². The summed E-state index contributed by atoms with van der Waals surface area (Å²) in [5, 5.41) is 0.996. The molecule has 7 nitrogen and oxygen atoms in total. The van der Waals surface area contributed by atoms with Crippen LogP contribution in [0.25, 0.3) is 10.9 Å². The molecule has 0 N–H and O–H groups in total. The first kappa shape index (κ1) is 23.4. The van der Waals surface area contributed by atoms with Crippen LogP contribution in [0.2, 0.25) is 0 Å². The van der Waals surface area contributed by atoms with Crippen molar-refractivity contribution in [3.63, 3.8) is 0 Å². The molecule has 174 valence electrons. The number of carbonyl (C=O) groups is 1. The van der Waals surface area contributed by atoms with Crippen molar-refractivity contribution in [2.45, 2.75) is 11.7 Å². The summed E-state index contributed by atoms with van der Waals surface area (Å²) in [6.45, 7) is 0.319. The molecule has 4 aromatic rings. The van der Waals surface area contributed by atoms with Gasteiger partial charge >= 0.3 is 0 Å². The number of methoxy groups -OCH3 is 3. The molecule has 0 amide bonds. The fraction of sp³-hybridized carbons (Fsp3) is 0.192. The second kappa shape index (κ2) is 10.4. The Morgan fingerprint density at radius 2 is 1.62 bits per heavy atom. The zero-order valence-corrected chi connectivity index (χ0v) is 19.9. The number of ether oxygens (including phenoxy) is 3. The summed E-state index contributed by atoms with van der Waals surface area (Å²) >= 11 is 1.22. The lowest BCUT2D eigenvalue weighted by Crippen LogP contribution is -2.24. The number of Topliss-reactive ketones (excluding diaryl/α,β-unsaturated/α-hetero) is 1. The number of fused-ring (bicyclic) bond motifs is 1. The molecule has 0 aliphatic carbocycles. The summed E-state index contributed by atoms with van der Waals surface area (Å²) in [7, 11) is 4.67. The van der Waals surface area contributed by atoms with Crippen molar-refractivity contribution in [3.8, 4) is 17.2 Å². The Kier molecular flexibility index (Phi) is 7.18. The minimum absolute atomic E-state index is 0.0803. The van der Waals surface area contributed by atoms with Crippen LogP contribution in [0.1, 0.15) is 15.9 Å². The number of thioether (sulfide) groups is 1. The molecule has 0 aliphatic rings. The van der Waals surface area contributed by atoms with Gasteiger partial charge in [0.15, 0.2) is 10.9 Å². The highest BCUT2D eigenvalue weighted by molar-refractivity contribution is 7.99. The van der Waals surface area contributed by atoms with Gasteiger partial charge in [0.05, 0.1) is 50.1 Å². The summed E-state index contributed by atoms with van der Waals surface area (Å²) in [6, 6.07) is 19.8. The van der Waals surface area contributed by atoms with Crippen LogP contribution in [0, 0.1) is 0 Å². The number of benzene rings is 3. The van der Waals surface area contributed by atoms with Crippen LogP contribution < -0.4 is 19.8 Å². The van der Waals surface area contributed by atoms with Gasteiger partial charge in [0.1, 0.15) is 17.2 Å². The lowest BCUT2D eigenvalue weighted by molar-refractivity contribution is 0.101. The largest absolute Gasteiger partial charge is 0.497 e. The van der Waals surface area contributed by atoms with Crippen LogP contribution in [0.3, 0.4) is 0 Å². The number of hydrogen-bond acceptors (Lipinski definition) is 7. The maximum absolute atomic E-state index is 13.3. The van der Waals surface area contributed by atoms with Crippen LogP contribution >= 0.6 is 11.8 Å². The molecule has 3 aromatic carbocycles. The van der Waals surface area contributed by atoms with Crippen molar-refractivity contribution >= 4 is 28.4 Å². The third kappa shape index (κ3) is 4.92. The quantitative estimate of drug-likeness (QED) is 0.201. The molecule has 8 heteroatoms. The van der Waals surface area contributed by atoms with Crippen molar-refractivity contribution in [1.29, 1.82) is 0 Å². The number of hydrogen-bond donors (Lipinski definition) is 0. The minimum atomic E-state index is -0.157. The van der Waals surface area contributed by atoms with E-state index in [4.69, 9.17) is 19.2 Å². The van der Waals surface area contributed by atoms with Gasteiger partial charge < -0.3 is 14.2 Å². The Hall–Kier alpha value is -3.78. The zero-order valence-electron chi connectivity index (χ0n) is 19.1. The summed E-state index contributed by atoms with van der Waals surface area (Å²) in [5.41, 5.74) is 1.77. The van der Waals surface area contributed by atoms with Crippen LogP contribution in [-0.4, -0.2) is 42.4 Å². The number of carbonyl (C=O) groups excluding carboxylic acids is 1. The lowest BCUT2D eigenvalue weighted by Gasteiger charge is -2.14. The molecule has 0 saturated carbocycles. The van der Waals surface area contributed by atoms with Gasteiger partial charge in [0, 0.05) is 0 Å². The fourth-order valence-electron chi connectivity index (χ4n) is 3.55. The highest BCUT2D eigenvalue weighted by Gasteiger charge is 2.17. The number of nitrogens with zero attached hydrogens (tertiary/aromatic N) is 2. The van der Waals surface area contributed by atoms with Gasteiger partial charge in [-0.3, -0.25) is 14.2 Å². The zero-order chi connectivity index (χ0) is 24.1. The third-order valence-corrected chi connectivity index (χ3v) is 6.34. The average Bonchev–Trinajstić information content (AvgIpc) is 2.89. The van der Waals surface area contributed by atoms with E-state index >= 15 is 0 Å². The summed E-state index contributed by atoms with van der Waals surface area (Å²) < 4.78 is 17.4. The Balaban J connectivity index is 1.68. The van der Waals surface area contributed by atoms with Gasteiger partial charge in [-0.05, 0) is 48.0 Å². The van der Waals surface area contributed by atoms with Crippen LogP contribution in [0.15, 0.2) is 76.7 Å². The van der Waals surface area contributed by atoms with Gasteiger partial charge in [-0.1, -0.05) is 36.0 Å². The molecule has 0 fully saturated rings. The molecule has 0 spiro atoms. The molecule has 0 unspecified atom stereocenters. The smallest absolute Gasteiger partial charge is 0.262 e. The van der Waals surface area contributed by atoms with E-state index < -0.39 is 0 Å². The van der Waals surface area contributed by atoms with Gasteiger partial charge in [-0.15, -0.1) is 0 Å². The Bertz CT molecular complexity index is 1380. The monoisotopic (exact) mass is 476 g/mol. The van der Waals surface area contributed by atoms with Gasteiger partial charge in [-0.25, -0.2) is 4.98 Å². The van der Waals surface area contributed by atoms with E-state index in [1.807, 2.05) is 36.4 Å². The minimum Gasteiger partial charge on any atom is -0.497 e. The van der Waals surface area contributed by atoms with Gasteiger partial charge in [0.25, 0.3) is 5.56 Å². The van der Waals surface area contributed by atoms with Crippen molar-refractivity contribution in [1.82, 2.24) is 9.55 Å². The number of aromatic nitrogens is 2. The first-order chi connectivity index (χ1) is 16.5. The number of para-hydroxylation sites is 1. The Morgan fingerprint density at radius 1 is 0.912 bits per heavy atom. The summed E-state index contributed by atoms with van der Waals surface area (Å²) in [4.78, 5) is 31.1. The molecule has 0 radical (unpaired) electrons. The third-order valence-electron chi connectivity index (χ3n) is 5.37. The van der Waals surface area contributed by atoms with Crippen LogP contribution in [0.5, 0.6) is 17.2 Å². The maximum atomic E-state index is 13.3. The van der Waals surface area contributed by atoms with E-state index in [0.29, 0.717) is 39.7 Å². The molecule has 34 heavy (non-hydrogen) atoms. The highest BCUT2D eigenvalue weighted by atomic mass is 32.2. The SMILES string of the molecule is COc1ccc(Cn2c(SCC(=O)c3cc(OC)ccc3OC)nc3ccccc3c2=O)cc1. The fourth-order valence-corrected chi connectivity index (χ4v) is 4.43. The normalized spacial score (nSPS) is 10.8. The maximum Gasteiger partial charge on any atom is 0.262 e. The number of rotatable bonds is 9. The van der Waals surface area contributed by atoms with Crippen LogP contribution in [-0.2, 0) is 6.54 Å². The molecule has 0 saturated heterocycles. The second-order valence-corrected chi connectivity index (χ2v) is 8.37. The Morgan fingerprint density at radius 3 is 2.32 bits per heavy atom. The molecule has 1 aromatic heterocycles. The summed E-state index contributed by atoms with van der Waals surface area (Å²) in [5.74, 6) is 1.69. The van der Waals surface area contributed by atoms with E-state index in [0.717, 1.165) is 11.3 Å². The lowest BCUT2D eigenvalue weighted by atomic mass is 10.1. The molecule has 1 heterocycles. The molecular weight excluding hydrogens is 452 g/mol. The van der Waals surface area contributed by atoms with Crippen LogP contribution in [0.4, 0.5) is 0 Å². The standard InChI is InChI=1S/C26H24N2O5S/c1-31-18-10-8-17(9-11-18)15-28-25(30)20-6-4-5-7-22(20)27-26(28)34-16-23(29)21-14-19(32-2)12-13-24(21)33-3/h4-14H,15-16H2,1-3H3. The molecule has 4 rings (SSSR count). The Labute approximate surface area is 201 Å². The molecule has 0 aliphatic heterocycles. The van der Waals surface area contributed by atoms with E-state index in [1.165, 1.54) is 18.9 Å².